The average Bonchev–Trinajstić information content (AvgIpc) is 3.55. The van der Waals surface area contributed by atoms with Gasteiger partial charge in [-0.05, 0) is 53.6 Å². The van der Waals surface area contributed by atoms with Crippen molar-refractivity contribution in [1.29, 1.82) is 0 Å². The number of hydrogen-bond donors (Lipinski definition) is 3. The van der Waals surface area contributed by atoms with Crippen molar-refractivity contribution in [2.45, 2.75) is 30.4 Å². The Labute approximate surface area is 240 Å². The van der Waals surface area contributed by atoms with Crippen LogP contribution >= 0.6 is 11.6 Å². The zero-order chi connectivity index (χ0) is 28.8. The highest BCUT2D eigenvalue weighted by Gasteiger charge is 2.54. The number of nitrogens with zero attached hydrogens (tertiary/aromatic N) is 1. The molecular weight excluding hydrogens is 548 g/mol. The normalized spacial score (nSPS) is 20.0. The second-order valence-corrected chi connectivity index (χ2v) is 11.0. The van der Waals surface area contributed by atoms with E-state index < -0.39 is 29.2 Å². The number of anilines is 2. The molecule has 11 heteroatoms. The molecule has 1 atom stereocenters. The maximum Gasteiger partial charge on any atom is 0.412 e. The lowest BCUT2D eigenvalue weighted by molar-refractivity contribution is -0.137. The SMILES string of the molecule is COC(=O)Nc1ccc(C(=O)NC2(C(=O)N3CCC4(C3)OC(=O)Nc3ccc(Cl)cc34)Cc3ccccc3C2)cc1. The van der Waals surface area contributed by atoms with Crippen LogP contribution in [-0.2, 0) is 32.7 Å². The van der Waals surface area contributed by atoms with Crippen LogP contribution in [0.15, 0.2) is 66.7 Å². The molecule has 1 unspecified atom stereocenters. The number of halogens is 1. The Bertz CT molecular complexity index is 1550. The summed E-state index contributed by atoms with van der Waals surface area (Å²) in [6.07, 6.45) is -0.171. The molecule has 4 amide bonds. The number of likely N-dealkylation sites (tertiary alicyclic amines) is 1. The summed E-state index contributed by atoms with van der Waals surface area (Å²) in [4.78, 5) is 53.5. The quantitative estimate of drug-likeness (QED) is 0.422. The molecule has 10 nitrogen and oxygen atoms in total. The largest absolute Gasteiger partial charge is 0.453 e. The lowest BCUT2D eigenvalue weighted by Gasteiger charge is -2.37. The van der Waals surface area contributed by atoms with E-state index in [0.717, 1.165) is 11.1 Å². The molecule has 2 heterocycles. The van der Waals surface area contributed by atoms with Crippen LogP contribution in [0.1, 0.15) is 33.5 Å². The number of amides is 4. The van der Waals surface area contributed by atoms with Gasteiger partial charge in [-0.1, -0.05) is 35.9 Å². The molecule has 3 N–H and O–H groups in total. The second kappa shape index (κ2) is 10.1. The highest BCUT2D eigenvalue weighted by atomic mass is 35.5. The zero-order valence-electron chi connectivity index (χ0n) is 22.2. The van der Waals surface area contributed by atoms with Gasteiger partial charge in [0.15, 0.2) is 5.60 Å². The molecule has 3 aliphatic rings. The van der Waals surface area contributed by atoms with Crippen LogP contribution in [0, 0.1) is 0 Å². The number of carbonyl (C=O) groups is 4. The van der Waals surface area contributed by atoms with E-state index in [4.69, 9.17) is 16.3 Å². The van der Waals surface area contributed by atoms with E-state index >= 15 is 0 Å². The van der Waals surface area contributed by atoms with Crippen LogP contribution in [0.5, 0.6) is 0 Å². The molecule has 6 rings (SSSR count). The number of carbonyl (C=O) groups excluding carboxylic acids is 4. The molecule has 1 fully saturated rings. The fourth-order valence-corrected chi connectivity index (χ4v) is 6.18. The lowest BCUT2D eigenvalue weighted by atomic mass is 9.89. The van der Waals surface area contributed by atoms with Crippen molar-refractivity contribution in [2.75, 3.05) is 30.8 Å². The van der Waals surface area contributed by atoms with Gasteiger partial charge in [-0.25, -0.2) is 9.59 Å². The minimum absolute atomic E-state index is 0.133. The number of rotatable bonds is 4. The molecular formula is C30H27ClN4O6. The Morgan fingerprint density at radius 1 is 1.02 bits per heavy atom. The van der Waals surface area contributed by atoms with E-state index in [1.807, 2.05) is 24.3 Å². The molecule has 1 aliphatic carbocycles. The first-order valence-corrected chi connectivity index (χ1v) is 13.5. The second-order valence-electron chi connectivity index (χ2n) is 10.5. The van der Waals surface area contributed by atoms with Gasteiger partial charge in [0.05, 0.1) is 19.3 Å². The highest BCUT2D eigenvalue weighted by Crippen LogP contribution is 2.45. The molecule has 0 saturated carbocycles. The Hall–Kier alpha value is -4.57. The monoisotopic (exact) mass is 574 g/mol. The number of nitrogens with one attached hydrogen (secondary N) is 3. The Morgan fingerprint density at radius 2 is 1.73 bits per heavy atom. The van der Waals surface area contributed by atoms with Gasteiger partial charge in [0.1, 0.15) is 5.54 Å². The molecule has 2 aliphatic heterocycles. The maximum absolute atomic E-state index is 14.4. The molecule has 1 spiro atoms. The summed E-state index contributed by atoms with van der Waals surface area (Å²) in [6, 6.07) is 19.2. The smallest absolute Gasteiger partial charge is 0.412 e. The standard InChI is InChI=1S/C30H27ClN4O6/c1-40-27(38)32-22-9-6-18(7-10-22)25(36)34-29(15-19-4-2-3-5-20(19)16-29)26(37)35-13-12-30(17-35)23-14-21(31)8-11-24(23)33-28(39)41-30/h2-11,14H,12-13,15-17H2,1H3,(H,32,38)(H,33,39)(H,34,36). The summed E-state index contributed by atoms with van der Waals surface area (Å²) in [5.74, 6) is -0.670. The average molecular weight is 575 g/mol. The van der Waals surface area contributed by atoms with Crippen LogP contribution < -0.4 is 16.0 Å². The van der Waals surface area contributed by atoms with E-state index in [9.17, 15) is 19.2 Å². The van der Waals surface area contributed by atoms with Gasteiger partial charge in [-0.15, -0.1) is 0 Å². The first kappa shape index (κ1) is 26.6. The van der Waals surface area contributed by atoms with Crippen molar-refractivity contribution in [1.82, 2.24) is 10.2 Å². The zero-order valence-corrected chi connectivity index (χ0v) is 22.9. The Kier molecular flexibility index (Phi) is 6.57. The lowest BCUT2D eigenvalue weighted by Crippen LogP contribution is -2.60. The minimum Gasteiger partial charge on any atom is -0.453 e. The van der Waals surface area contributed by atoms with Crippen molar-refractivity contribution in [3.63, 3.8) is 0 Å². The number of fused-ring (bicyclic) bond motifs is 3. The van der Waals surface area contributed by atoms with Gasteiger partial charge in [0.25, 0.3) is 5.91 Å². The molecule has 1 saturated heterocycles. The van der Waals surface area contributed by atoms with Gasteiger partial charge in [0.2, 0.25) is 5.91 Å². The highest BCUT2D eigenvalue weighted by molar-refractivity contribution is 6.30. The maximum atomic E-state index is 14.4. The van der Waals surface area contributed by atoms with Crippen LogP contribution in [-0.4, -0.2) is 54.6 Å². The predicted octanol–water partition coefficient (Wildman–Crippen LogP) is 4.48. The van der Waals surface area contributed by atoms with E-state index in [1.165, 1.54) is 7.11 Å². The summed E-state index contributed by atoms with van der Waals surface area (Å²) < 4.78 is 10.4. The first-order chi connectivity index (χ1) is 19.7. The molecule has 3 aromatic carbocycles. The molecule has 210 valence electrons. The third-order valence-electron chi connectivity index (χ3n) is 7.96. The predicted molar refractivity (Wildman–Crippen MR) is 151 cm³/mol. The Balaban J connectivity index is 1.28. The Morgan fingerprint density at radius 3 is 2.41 bits per heavy atom. The minimum atomic E-state index is -1.23. The van der Waals surface area contributed by atoms with Crippen molar-refractivity contribution in [3.8, 4) is 0 Å². The molecule has 3 aromatic rings. The summed E-state index contributed by atoms with van der Waals surface area (Å²) in [5, 5.41) is 8.80. The van der Waals surface area contributed by atoms with Crippen LogP contribution in [0.25, 0.3) is 0 Å². The van der Waals surface area contributed by atoms with Gasteiger partial charge < -0.3 is 19.7 Å². The molecule has 0 bridgehead atoms. The third-order valence-corrected chi connectivity index (χ3v) is 8.20. The molecule has 41 heavy (non-hydrogen) atoms. The van der Waals surface area contributed by atoms with Crippen molar-refractivity contribution >= 4 is 47.0 Å². The summed E-state index contributed by atoms with van der Waals surface area (Å²) >= 11 is 6.29. The topological polar surface area (TPSA) is 126 Å². The van der Waals surface area contributed by atoms with Gasteiger partial charge in [0, 0.05) is 47.6 Å². The van der Waals surface area contributed by atoms with Crippen LogP contribution in [0.3, 0.4) is 0 Å². The number of ether oxygens (including phenoxy) is 2. The van der Waals surface area contributed by atoms with Crippen molar-refractivity contribution in [3.05, 3.63) is 94.0 Å². The summed E-state index contributed by atoms with van der Waals surface area (Å²) in [7, 11) is 1.26. The fraction of sp³-hybridized carbons (Fsp3) is 0.267. The number of hydrogen-bond acceptors (Lipinski definition) is 6. The fourth-order valence-electron chi connectivity index (χ4n) is 6.00. The third kappa shape index (κ3) is 4.84. The summed E-state index contributed by atoms with van der Waals surface area (Å²) in [5.41, 5.74) is 1.80. The summed E-state index contributed by atoms with van der Waals surface area (Å²) in [6.45, 7) is 0.467. The van der Waals surface area contributed by atoms with E-state index in [2.05, 4.69) is 20.7 Å². The van der Waals surface area contributed by atoms with Gasteiger partial charge >= 0.3 is 12.2 Å². The van der Waals surface area contributed by atoms with Crippen LogP contribution in [0.2, 0.25) is 5.02 Å². The molecule has 0 aromatic heterocycles. The number of methoxy groups -OCH3 is 1. The molecule has 0 radical (unpaired) electrons. The van der Waals surface area contributed by atoms with E-state index in [-0.39, 0.29) is 12.5 Å². The van der Waals surface area contributed by atoms with Gasteiger partial charge in [-0.3, -0.25) is 20.2 Å². The van der Waals surface area contributed by atoms with Crippen molar-refractivity contribution in [2.24, 2.45) is 0 Å². The van der Waals surface area contributed by atoms with Gasteiger partial charge in [-0.2, -0.15) is 0 Å². The van der Waals surface area contributed by atoms with E-state index in [1.54, 1.807) is 47.4 Å². The first-order valence-electron chi connectivity index (χ1n) is 13.1. The van der Waals surface area contributed by atoms with E-state index in [0.29, 0.717) is 53.3 Å². The number of benzene rings is 3. The van der Waals surface area contributed by atoms with Crippen molar-refractivity contribution < 1.29 is 28.7 Å². The van der Waals surface area contributed by atoms with Crippen LogP contribution in [0.4, 0.5) is 21.0 Å².